The van der Waals surface area contributed by atoms with Crippen LogP contribution < -0.4 is 10.6 Å². The Balaban J connectivity index is 1.79. The van der Waals surface area contributed by atoms with Gasteiger partial charge in [0.15, 0.2) is 11.0 Å². The van der Waals surface area contributed by atoms with Gasteiger partial charge in [0.25, 0.3) is 5.91 Å². The van der Waals surface area contributed by atoms with Gasteiger partial charge in [0.1, 0.15) is 0 Å². The Morgan fingerprint density at radius 3 is 3.06 bits per heavy atom. The summed E-state index contributed by atoms with van der Waals surface area (Å²) >= 11 is 1.46. The smallest absolute Gasteiger partial charge is 0.292 e. The van der Waals surface area contributed by atoms with E-state index in [1.165, 1.54) is 11.3 Å². The summed E-state index contributed by atoms with van der Waals surface area (Å²) in [5, 5.41) is 6.37. The number of hydrogen-bond donors (Lipinski definition) is 2. The van der Waals surface area contributed by atoms with Crippen LogP contribution in [0.25, 0.3) is 10.2 Å². The molecule has 1 amide bonds. The molecule has 2 heterocycles. The van der Waals surface area contributed by atoms with Crippen LogP contribution in [0.1, 0.15) is 6.42 Å². The largest absolute Gasteiger partial charge is 0.366 e. The summed E-state index contributed by atoms with van der Waals surface area (Å²) in [5.41, 5.74) is 0.899. The van der Waals surface area contributed by atoms with E-state index in [-0.39, 0.29) is 5.91 Å². The number of thiazole rings is 1. The highest BCUT2D eigenvalue weighted by atomic mass is 32.1. The van der Waals surface area contributed by atoms with E-state index in [4.69, 9.17) is 0 Å². The Morgan fingerprint density at radius 1 is 1.39 bits per heavy atom. The first kappa shape index (κ1) is 11.2. The maximum absolute atomic E-state index is 11.9. The molecule has 18 heavy (non-hydrogen) atoms. The second kappa shape index (κ2) is 4.73. The number of carbonyl (C=O) groups excluding carboxylic acids is 1. The minimum atomic E-state index is -0.214. The third-order valence-electron chi connectivity index (χ3n) is 2.63. The Morgan fingerprint density at radius 2 is 2.28 bits per heavy atom. The molecule has 1 aromatic carbocycles. The van der Waals surface area contributed by atoms with Gasteiger partial charge >= 0.3 is 0 Å². The van der Waals surface area contributed by atoms with Crippen molar-refractivity contribution in [2.75, 3.05) is 18.4 Å². The highest BCUT2D eigenvalue weighted by Gasteiger charge is 2.15. The average Bonchev–Trinajstić information content (AvgIpc) is 2.82. The van der Waals surface area contributed by atoms with Crippen LogP contribution in [0.2, 0.25) is 0 Å². The second-order valence-corrected chi connectivity index (χ2v) is 4.98. The zero-order valence-corrected chi connectivity index (χ0v) is 10.5. The second-order valence-electron chi connectivity index (χ2n) is 3.95. The maximum atomic E-state index is 11.9. The van der Waals surface area contributed by atoms with Crippen LogP contribution in [0, 0.1) is 0 Å². The summed E-state index contributed by atoms with van der Waals surface area (Å²) in [6, 6.07) is 7.80. The van der Waals surface area contributed by atoms with Crippen molar-refractivity contribution in [1.29, 1.82) is 0 Å². The number of rotatable bonds is 2. The highest BCUT2D eigenvalue weighted by Crippen LogP contribution is 2.25. The lowest BCUT2D eigenvalue weighted by Crippen LogP contribution is -2.39. The van der Waals surface area contributed by atoms with Crippen LogP contribution >= 0.6 is 11.3 Å². The van der Waals surface area contributed by atoms with E-state index in [0.29, 0.717) is 17.5 Å². The monoisotopic (exact) mass is 260 g/mol. The van der Waals surface area contributed by atoms with Crippen LogP contribution in [0.4, 0.5) is 5.13 Å². The van der Waals surface area contributed by atoms with Gasteiger partial charge in [0.05, 0.1) is 10.2 Å². The number of benzene rings is 1. The lowest BCUT2D eigenvalue weighted by molar-refractivity contribution is -0.110. The quantitative estimate of drug-likeness (QED) is 0.862. The first-order valence-electron chi connectivity index (χ1n) is 5.78. The van der Waals surface area contributed by atoms with Gasteiger partial charge in [-0.1, -0.05) is 23.5 Å². The van der Waals surface area contributed by atoms with E-state index in [1.54, 1.807) is 0 Å². The van der Waals surface area contributed by atoms with Crippen molar-refractivity contribution < 1.29 is 4.79 Å². The molecule has 0 saturated heterocycles. The molecule has 0 bridgehead atoms. The number of aromatic nitrogens is 1. The molecule has 1 aromatic heterocycles. The molecule has 0 saturated carbocycles. The number of amides is 1. The molecule has 6 heteroatoms. The molecule has 92 valence electrons. The number of amidine groups is 1. The number of anilines is 1. The number of aliphatic imine (C=N–C) groups is 1. The van der Waals surface area contributed by atoms with Gasteiger partial charge in [-0.05, 0) is 18.6 Å². The van der Waals surface area contributed by atoms with Crippen molar-refractivity contribution >= 4 is 38.4 Å². The minimum Gasteiger partial charge on any atom is -0.366 e. The molecular weight excluding hydrogens is 248 g/mol. The van der Waals surface area contributed by atoms with Gasteiger partial charge in [-0.15, -0.1) is 0 Å². The number of carbonyl (C=O) groups is 1. The normalized spacial score (nSPS) is 15.0. The topological polar surface area (TPSA) is 66.4 Å². The molecule has 0 radical (unpaired) electrons. The van der Waals surface area contributed by atoms with Crippen LogP contribution in [0.3, 0.4) is 0 Å². The molecule has 2 aromatic rings. The molecule has 1 aliphatic heterocycles. The van der Waals surface area contributed by atoms with Gasteiger partial charge in [-0.3, -0.25) is 15.1 Å². The first-order valence-corrected chi connectivity index (χ1v) is 6.60. The third kappa shape index (κ3) is 2.19. The number of para-hydroxylation sites is 1. The zero-order valence-electron chi connectivity index (χ0n) is 9.64. The molecule has 2 N–H and O–H groups in total. The summed E-state index contributed by atoms with van der Waals surface area (Å²) in [7, 11) is 0. The molecule has 5 nitrogen and oxygen atoms in total. The minimum absolute atomic E-state index is 0.214. The number of hydrogen-bond acceptors (Lipinski definition) is 5. The van der Waals surface area contributed by atoms with E-state index < -0.39 is 0 Å². The summed E-state index contributed by atoms with van der Waals surface area (Å²) in [4.78, 5) is 20.4. The standard InChI is InChI=1S/C12H12N4OS/c17-11(10-13-6-3-7-14-10)16-12-15-8-4-1-2-5-9(8)18-12/h1-2,4-5H,3,6-7H2,(H,13,14)(H,15,16,17). The lowest BCUT2D eigenvalue weighted by atomic mass is 10.3. The van der Waals surface area contributed by atoms with Gasteiger partial charge in [0, 0.05) is 13.1 Å². The van der Waals surface area contributed by atoms with Crippen molar-refractivity contribution in [1.82, 2.24) is 10.3 Å². The van der Waals surface area contributed by atoms with Crippen molar-refractivity contribution in [2.45, 2.75) is 6.42 Å². The van der Waals surface area contributed by atoms with Gasteiger partial charge < -0.3 is 5.32 Å². The Hall–Kier alpha value is -1.95. The van der Waals surface area contributed by atoms with Crippen LogP contribution in [0.15, 0.2) is 29.3 Å². The molecule has 0 aliphatic carbocycles. The number of nitrogens with one attached hydrogen (secondary N) is 2. The molecule has 3 rings (SSSR count). The van der Waals surface area contributed by atoms with Gasteiger partial charge in [0.2, 0.25) is 0 Å². The van der Waals surface area contributed by atoms with E-state index in [2.05, 4.69) is 20.6 Å². The maximum Gasteiger partial charge on any atom is 0.292 e. The molecule has 0 unspecified atom stereocenters. The summed E-state index contributed by atoms with van der Waals surface area (Å²) in [6.45, 7) is 1.50. The van der Waals surface area contributed by atoms with Crippen molar-refractivity contribution in [3.63, 3.8) is 0 Å². The van der Waals surface area contributed by atoms with Crippen LogP contribution in [-0.2, 0) is 4.79 Å². The lowest BCUT2D eigenvalue weighted by Gasteiger charge is -2.12. The highest BCUT2D eigenvalue weighted by molar-refractivity contribution is 7.22. The Bertz CT molecular complexity index is 586. The molecule has 0 spiro atoms. The average molecular weight is 260 g/mol. The van der Waals surface area contributed by atoms with Gasteiger partial charge in [-0.2, -0.15) is 0 Å². The van der Waals surface area contributed by atoms with Crippen molar-refractivity contribution in [2.24, 2.45) is 4.99 Å². The van der Waals surface area contributed by atoms with E-state index >= 15 is 0 Å². The Kier molecular flexibility index (Phi) is 2.93. The van der Waals surface area contributed by atoms with Crippen molar-refractivity contribution in [3.8, 4) is 0 Å². The van der Waals surface area contributed by atoms with E-state index in [9.17, 15) is 4.79 Å². The predicted octanol–water partition coefficient (Wildman–Crippen LogP) is 1.63. The summed E-state index contributed by atoms with van der Waals surface area (Å²) in [5.74, 6) is 0.189. The van der Waals surface area contributed by atoms with Crippen LogP contribution in [0.5, 0.6) is 0 Å². The van der Waals surface area contributed by atoms with E-state index in [1.807, 2.05) is 24.3 Å². The SMILES string of the molecule is O=C(Nc1nc2ccccc2s1)C1=NCCCN1. The van der Waals surface area contributed by atoms with Crippen molar-refractivity contribution in [3.05, 3.63) is 24.3 Å². The molecule has 0 fully saturated rings. The third-order valence-corrected chi connectivity index (χ3v) is 3.58. The summed E-state index contributed by atoms with van der Waals surface area (Å²) < 4.78 is 1.06. The fraction of sp³-hybridized carbons (Fsp3) is 0.250. The van der Waals surface area contributed by atoms with Crippen LogP contribution in [-0.4, -0.2) is 29.8 Å². The van der Waals surface area contributed by atoms with Gasteiger partial charge in [-0.25, -0.2) is 4.98 Å². The molecule has 1 aliphatic rings. The predicted molar refractivity (Wildman–Crippen MR) is 73.2 cm³/mol. The fourth-order valence-corrected chi connectivity index (χ4v) is 2.63. The number of nitrogens with zero attached hydrogens (tertiary/aromatic N) is 2. The zero-order chi connectivity index (χ0) is 12.4. The number of fused-ring (bicyclic) bond motifs is 1. The Labute approximate surface area is 108 Å². The molecule has 0 atom stereocenters. The fourth-order valence-electron chi connectivity index (χ4n) is 1.77. The molecular formula is C12H12N4OS. The van der Waals surface area contributed by atoms with E-state index in [0.717, 1.165) is 23.2 Å². The first-order chi connectivity index (χ1) is 8.83. The summed E-state index contributed by atoms with van der Waals surface area (Å²) in [6.07, 6.45) is 0.970.